The summed E-state index contributed by atoms with van der Waals surface area (Å²) in [6, 6.07) is 11.6. The summed E-state index contributed by atoms with van der Waals surface area (Å²) >= 11 is 0. The van der Waals surface area contributed by atoms with Gasteiger partial charge in [0.25, 0.3) is 0 Å². The molecule has 0 unspecified atom stereocenters. The summed E-state index contributed by atoms with van der Waals surface area (Å²) in [6.07, 6.45) is 0. The molecular weight excluding hydrogens is 408 g/mol. The molecule has 8 nitrogen and oxygen atoms in total. The fraction of sp³-hybridized carbons (Fsp3) is 0.417. The van der Waals surface area contributed by atoms with Crippen molar-refractivity contribution < 1.29 is 19.0 Å². The first-order chi connectivity index (χ1) is 15.6. The molecule has 0 atom stereocenters. The molecule has 4 rings (SSSR count). The number of fused-ring (bicyclic) bond motifs is 1. The Balaban J connectivity index is 1.61. The number of carbonyl (C=O) groups excluding carboxylic acids is 1. The van der Waals surface area contributed by atoms with Gasteiger partial charge in [-0.25, -0.2) is 4.98 Å². The van der Waals surface area contributed by atoms with E-state index in [1.807, 2.05) is 61.7 Å². The number of ether oxygens (including phenoxy) is 3. The van der Waals surface area contributed by atoms with E-state index in [0.717, 1.165) is 41.4 Å². The molecule has 32 heavy (non-hydrogen) atoms. The zero-order chi connectivity index (χ0) is 22.5. The van der Waals surface area contributed by atoms with Crippen molar-refractivity contribution in [2.45, 2.75) is 27.3 Å². The summed E-state index contributed by atoms with van der Waals surface area (Å²) in [5.41, 5.74) is 3.36. The molecule has 1 amide bonds. The summed E-state index contributed by atoms with van der Waals surface area (Å²) in [4.78, 5) is 19.8. The average Bonchev–Trinajstić information content (AvgIpc) is 3.11. The highest BCUT2D eigenvalue weighted by Crippen LogP contribution is 2.39. The number of aromatic nitrogens is 2. The smallest absolute Gasteiger partial charge is 0.244 e. The average molecular weight is 439 g/mol. The van der Waals surface area contributed by atoms with Crippen molar-refractivity contribution in [2.75, 3.05) is 49.7 Å². The van der Waals surface area contributed by atoms with E-state index in [-0.39, 0.29) is 12.5 Å². The number of nitrogens with one attached hydrogen (secondary N) is 1. The van der Waals surface area contributed by atoms with Crippen LogP contribution in [0, 0.1) is 6.92 Å². The van der Waals surface area contributed by atoms with Gasteiger partial charge in [-0.3, -0.25) is 4.79 Å². The van der Waals surface area contributed by atoms with E-state index in [9.17, 15) is 4.79 Å². The minimum Gasteiger partial charge on any atom is -0.492 e. The molecule has 0 saturated carbocycles. The van der Waals surface area contributed by atoms with E-state index >= 15 is 0 Å². The molecule has 170 valence electrons. The molecule has 3 aromatic rings. The maximum atomic E-state index is 13.0. The molecule has 1 fully saturated rings. The molecule has 1 aliphatic rings. The van der Waals surface area contributed by atoms with Crippen LogP contribution in [0.5, 0.6) is 11.5 Å². The fourth-order valence-electron chi connectivity index (χ4n) is 3.97. The Morgan fingerprint density at radius 2 is 1.81 bits per heavy atom. The van der Waals surface area contributed by atoms with Crippen LogP contribution in [0.3, 0.4) is 0 Å². The predicted molar refractivity (Wildman–Crippen MR) is 125 cm³/mol. The van der Waals surface area contributed by atoms with E-state index in [1.54, 1.807) is 0 Å². The predicted octanol–water partition coefficient (Wildman–Crippen LogP) is 3.62. The van der Waals surface area contributed by atoms with Crippen molar-refractivity contribution >= 4 is 28.3 Å². The zero-order valence-corrected chi connectivity index (χ0v) is 18.9. The Morgan fingerprint density at radius 1 is 1.09 bits per heavy atom. The van der Waals surface area contributed by atoms with Gasteiger partial charge in [0.1, 0.15) is 23.9 Å². The van der Waals surface area contributed by atoms with Gasteiger partial charge in [-0.15, -0.1) is 0 Å². The van der Waals surface area contributed by atoms with Crippen LogP contribution >= 0.6 is 0 Å². The van der Waals surface area contributed by atoms with Gasteiger partial charge < -0.3 is 29.0 Å². The molecule has 1 aromatic heterocycles. The summed E-state index contributed by atoms with van der Waals surface area (Å²) in [6.45, 7) is 9.87. The van der Waals surface area contributed by atoms with Crippen LogP contribution < -0.4 is 19.7 Å². The first kappa shape index (κ1) is 22.0. The first-order valence-electron chi connectivity index (χ1n) is 11.1. The lowest BCUT2D eigenvalue weighted by atomic mass is 10.2. The normalized spacial score (nSPS) is 13.9. The molecule has 1 aliphatic heterocycles. The second-order valence-electron chi connectivity index (χ2n) is 7.56. The molecule has 0 bridgehead atoms. The van der Waals surface area contributed by atoms with Crippen LogP contribution in [-0.2, 0) is 16.1 Å². The minimum atomic E-state index is -0.154. The van der Waals surface area contributed by atoms with E-state index in [4.69, 9.17) is 14.2 Å². The van der Waals surface area contributed by atoms with Crippen molar-refractivity contribution in [1.29, 1.82) is 0 Å². The first-order valence-corrected chi connectivity index (χ1v) is 11.1. The van der Waals surface area contributed by atoms with Crippen molar-refractivity contribution in [3.63, 3.8) is 0 Å². The van der Waals surface area contributed by atoms with Crippen LogP contribution in [0.25, 0.3) is 11.0 Å². The molecule has 0 aliphatic carbocycles. The highest BCUT2D eigenvalue weighted by molar-refractivity contribution is 5.94. The molecule has 0 radical (unpaired) electrons. The number of hydrogen-bond acceptors (Lipinski definition) is 6. The van der Waals surface area contributed by atoms with Gasteiger partial charge in [0.2, 0.25) is 5.91 Å². The molecule has 1 saturated heterocycles. The summed E-state index contributed by atoms with van der Waals surface area (Å²) < 4.78 is 19.2. The highest BCUT2D eigenvalue weighted by Gasteiger charge is 2.21. The van der Waals surface area contributed by atoms with Gasteiger partial charge >= 0.3 is 0 Å². The lowest BCUT2D eigenvalue weighted by Crippen LogP contribution is -2.36. The van der Waals surface area contributed by atoms with Crippen LogP contribution in [0.15, 0.2) is 36.4 Å². The second kappa shape index (κ2) is 9.91. The number of anilines is 2. The minimum absolute atomic E-state index is 0.154. The van der Waals surface area contributed by atoms with Crippen molar-refractivity contribution in [3.8, 4) is 11.5 Å². The van der Waals surface area contributed by atoms with Crippen molar-refractivity contribution in [3.05, 3.63) is 42.2 Å². The highest BCUT2D eigenvalue weighted by atomic mass is 16.5. The molecule has 2 heterocycles. The lowest BCUT2D eigenvalue weighted by molar-refractivity contribution is -0.116. The standard InChI is InChI=1S/C24H30N4O4/c1-4-31-22-15-21(27-10-12-30-13-11-27)23(32-5-2)14-19(22)26-24(29)16-28-17(3)25-18-8-6-7-9-20(18)28/h6-9,14-15H,4-5,10-13,16H2,1-3H3,(H,26,29). The third-order valence-electron chi connectivity index (χ3n) is 5.43. The van der Waals surface area contributed by atoms with Crippen LogP contribution in [0.2, 0.25) is 0 Å². The summed E-state index contributed by atoms with van der Waals surface area (Å²) in [7, 11) is 0. The number of hydrogen-bond donors (Lipinski definition) is 1. The van der Waals surface area contributed by atoms with E-state index in [0.29, 0.717) is 37.9 Å². The third-order valence-corrected chi connectivity index (χ3v) is 5.43. The quantitative estimate of drug-likeness (QED) is 0.579. The lowest BCUT2D eigenvalue weighted by Gasteiger charge is -2.31. The SMILES string of the molecule is CCOc1cc(N2CCOCC2)c(OCC)cc1NC(=O)Cn1c(C)nc2ccccc21. The fourth-order valence-corrected chi connectivity index (χ4v) is 3.97. The van der Waals surface area contributed by atoms with E-state index in [2.05, 4.69) is 15.2 Å². The third kappa shape index (κ3) is 4.65. The van der Waals surface area contributed by atoms with Gasteiger partial charge in [-0.05, 0) is 32.9 Å². The molecule has 8 heteroatoms. The van der Waals surface area contributed by atoms with Gasteiger partial charge in [-0.1, -0.05) is 12.1 Å². The second-order valence-corrected chi connectivity index (χ2v) is 7.56. The number of nitrogens with zero attached hydrogens (tertiary/aromatic N) is 3. The van der Waals surface area contributed by atoms with Gasteiger partial charge in [-0.2, -0.15) is 0 Å². The Hall–Kier alpha value is -3.26. The summed E-state index contributed by atoms with van der Waals surface area (Å²) in [5, 5.41) is 3.02. The number of amides is 1. The Bertz CT molecular complexity index is 1090. The van der Waals surface area contributed by atoms with Crippen LogP contribution in [0.1, 0.15) is 19.7 Å². The maximum Gasteiger partial charge on any atom is 0.244 e. The van der Waals surface area contributed by atoms with Crippen molar-refractivity contribution in [2.24, 2.45) is 0 Å². The van der Waals surface area contributed by atoms with Gasteiger partial charge in [0.15, 0.2) is 0 Å². The van der Waals surface area contributed by atoms with Crippen LogP contribution in [-0.4, -0.2) is 55.0 Å². The maximum absolute atomic E-state index is 13.0. The summed E-state index contributed by atoms with van der Waals surface area (Å²) in [5.74, 6) is 1.98. The van der Waals surface area contributed by atoms with E-state index in [1.165, 1.54) is 0 Å². The number of benzene rings is 2. The number of aryl methyl sites for hydroxylation is 1. The Kier molecular flexibility index (Phi) is 6.80. The molecule has 1 N–H and O–H groups in total. The molecular formula is C24H30N4O4. The largest absolute Gasteiger partial charge is 0.492 e. The molecule has 2 aromatic carbocycles. The zero-order valence-electron chi connectivity index (χ0n) is 18.9. The number of rotatable bonds is 8. The Labute approximate surface area is 188 Å². The Morgan fingerprint density at radius 3 is 2.56 bits per heavy atom. The monoisotopic (exact) mass is 438 g/mol. The number of morpholine rings is 1. The van der Waals surface area contributed by atoms with Gasteiger partial charge in [0, 0.05) is 25.2 Å². The molecule has 0 spiro atoms. The number of carbonyl (C=O) groups is 1. The van der Waals surface area contributed by atoms with E-state index < -0.39 is 0 Å². The number of para-hydroxylation sites is 2. The number of imidazole rings is 1. The van der Waals surface area contributed by atoms with Crippen LogP contribution in [0.4, 0.5) is 11.4 Å². The van der Waals surface area contributed by atoms with Crippen molar-refractivity contribution in [1.82, 2.24) is 9.55 Å². The topological polar surface area (TPSA) is 77.9 Å². The van der Waals surface area contributed by atoms with Gasteiger partial charge in [0.05, 0.1) is 48.8 Å².